The summed E-state index contributed by atoms with van der Waals surface area (Å²) < 4.78 is 12.0. The molecule has 1 atom stereocenters. The Morgan fingerprint density at radius 1 is 1.52 bits per heavy atom. The van der Waals surface area contributed by atoms with Crippen molar-refractivity contribution in [3.05, 3.63) is 29.2 Å². The molecule has 0 amide bonds. The summed E-state index contributed by atoms with van der Waals surface area (Å²) in [6.45, 7) is 6.84. The maximum atomic E-state index is 9.27. The van der Waals surface area contributed by atoms with E-state index in [-0.39, 0.29) is 6.10 Å². The molecular formula is C14H17N5OS. The standard InChI is InChI=1S/C14H17N5OS/c1-10-6-16-19(7-10)9-12-8-18(3-4-20-12)14-13(5-15)11(2)17-21-14/h6-7,12H,3-4,8-9H2,1-2H3. The molecule has 0 saturated carbocycles. The molecule has 110 valence electrons. The molecule has 1 aliphatic rings. The maximum Gasteiger partial charge on any atom is 0.130 e. The van der Waals surface area contributed by atoms with Crippen molar-refractivity contribution in [2.45, 2.75) is 26.5 Å². The lowest BCUT2D eigenvalue weighted by Crippen LogP contribution is -2.44. The summed E-state index contributed by atoms with van der Waals surface area (Å²) in [6, 6.07) is 2.26. The van der Waals surface area contributed by atoms with Gasteiger partial charge < -0.3 is 9.64 Å². The Hall–Kier alpha value is -1.91. The third-order valence-corrected chi connectivity index (χ3v) is 4.54. The molecule has 0 aromatic carbocycles. The second-order valence-corrected chi connectivity index (χ2v) is 5.99. The summed E-state index contributed by atoms with van der Waals surface area (Å²) in [5.74, 6) is 0. The van der Waals surface area contributed by atoms with E-state index in [4.69, 9.17) is 4.74 Å². The van der Waals surface area contributed by atoms with Gasteiger partial charge in [0.05, 0.1) is 31.1 Å². The predicted molar refractivity (Wildman–Crippen MR) is 80.5 cm³/mol. The summed E-state index contributed by atoms with van der Waals surface area (Å²) in [4.78, 5) is 2.20. The van der Waals surface area contributed by atoms with Gasteiger partial charge in [-0.3, -0.25) is 4.68 Å². The van der Waals surface area contributed by atoms with Crippen LogP contribution in [0.5, 0.6) is 0 Å². The number of ether oxygens (including phenoxy) is 1. The lowest BCUT2D eigenvalue weighted by atomic mass is 10.2. The minimum Gasteiger partial charge on any atom is -0.373 e. The lowest BCUT2D eigenvalue weighted by molar-refractivity contribution is 0.0276. The second-order valence-electron chi connectivity index (χ2n) is 5.24. The van der Waals surface area contributed by atoms with Crippen molar-refractivity contribution in [3.8, 4) is 6.07 Å². The van der Waals surface area contributed by atoms with Crippen molar-refractivity contribution in [3.63, 3.8) is 0 Å². The third kappa shape index (κ3) is 2.91. The van der Waals surface area contributed by atoms with Crippen LogP contribution >= 0.6 is 11.5 Å². The van der Waals surface area contributed by atoms with Crippen molar-refractivity contribution in [2.24, 2.45) is 0 Å². The van der Waals surface area contributed by atoms with Gasteiger partial charge in [0.2, 0.25) is 0 Å². The van der Waals surface area contributed by atoms with E-state index in [1.54, 1.807) is 0 Å². The van der Waals surface area contributed by atoms with E-state index in [0.717, 1.165) is 35.9 Å². The van der Waals surface area contributed by atoms with E-state index < -0.39 is 0 Å². The molecule has 3 rings (SSSR count). The van der Waals surface area contributed by atoms with Gasteiger partial charge in [-0.2, -0.15) is 14.7 Å². The highest BCUT2D eigenvalue weighted by Gasteiger charge is 2.25. The topological polar surface area (TPSA) is 67.0 Å². The number of hydrogen-bond donors (Lipinski definition) is 0. The molecule has 21 heavy (non-hydrogen) atoms. The number of morpholine rings is 1. The van der Waals surface area contributed by atoms with Gasteiger partial charge in [-0.1, -0.05) is 0 Å². The molecule has 0 radical (unpaired) electrons. The first kappa shape index (κ1) is 14.0. The number of nitriles is 1. The molecule has 3 heterocycles. The summed E-state index contributed by atoms with van der Waals surface area (Å²) in [5.41, 5.74) is 2.64. The minimum absolute atomic E-state index is 0.0759. The van der Waals surface area contributed by atoms with E-state index in [1.165, 1.54) is 11.5 Å². The number of rotatable bonds is 3. The van der Waals surface area contributed by atoms with E-state index in [0.29, 0.717) is 12.2 Å². The van der Waals surface area contributed by atoms with Gasteiger partial charge in [0, 0.05) is 19.3 Å². The molecule has 7 heteroatoms. The van der Waals surface area contributed by atoms with Crippen LogP contribution in [0.1, 0.15) is 16.8 Å². The van der Waals surface area contributed by atoms with E-state index in [2.05, 4.69) is 20.4 Å². The fourth-order valence-electron chi connectivity index (χ4n) is 2.49. The highest BCUT2D eigenvalue weighted by Crippen LogP contribution is 2.29. The first-order valence-corrected chi connectivity index (χ1v) is 7.66. The van der Waals surface area contributed by atoms with Crippen LogP contribution in [0.4, 0.5) is 5.00 Å². The summed E-state index contributed by atoms with van der Waals surface area (Å²) in [5, 5.41) is 14.5. The first-order valence-electron chi connectivity index (χ1n) is 6.89. The number of aryl methyl sites for hydroxylation is 2. The maximum absolute atomic E-state index is 9.27. The van der Waals surface area contributed by atoms with Crippen LogP contribution in [0.3, 0.4) is 0 Å². The Morgan fingerprint density at radius 2 is 2.38 bits per heavy atom. The average molecular weight is 303 g/mol. The molecule has 0 aliphatic carbocycles. The van der Waals surface area contributed by atoms with Crippen molar-refractivity contribution in [2.75, 3.05) is 24.6 Å². The SMILES string of the molecule is Cc1cnn(CC2CN(c3snc(C)c3C#N)CCO2)c1. The molecule has 2 aromatic heterocycles. The van der Waals surface area contributed by atoms with Gasteiger partial charge in [-0.15, -0.1) is 0 Å². The second kappa shape index (κ2) is 5.84. The van der Waals surface area contributed by atoms with Crippen molar-refractivity contribution < 1.29 is 4.74 Å². The van der Waals surface area contributed by atoms with Crippen molar-refractivity contribution in [1.29, 1.82) is 5.26 Å². The number of hydrogen-bond acceptors (Lipinski definition) is 6. The Morgan fingerprint density at radius 3 is 3.10 bits per heavy atom. The Labute approximate surface area is 127 Å². The van der Waals surface area contributed by atoms with E-state index in [1.807, 2.05) is 30.9 Å². The Kier molecular flexibility index (Phi) is 3.90. The Balaban J connectivity index is 1.72. The van der Waals surface area contributed by atoms with E-state index >= 15 is 0 Å². The monoisotopic (exact) mass is 303 g/mol. The van der Waals surface area contributed by atoms with Gasteiger partial charge in [0.25, 0.3) is 0 Å². The zero-order chi connectivity index (χ0) is 14.8. The molecule has 1 unspecified atom stereocenters. The highest BCUT2D eigenvalue weighted by atomic mass is 32.1. The van der Waals surface area contributed by atoms with Crippen LogP contribution in [0.15, 0.2) is 12.4 Å². The molecule has 1 fully saturated rings. The highest BCUT2D eigenvalue weighted by molar-refractivity contribution is 7.10. The van der Waals surface area contributed by atoms with Crippen LogP contribution in [-0.4, -0.2) is 40.0 Å². The average Bonchev–Trinajstić information content (AvgIpc) is 3.05. The van der Waals surface area contributed by atoms with Gasteiger partial charge >= 0.3 is 0 Å². The summed E-state index contributed by atoms with van der Waals surface area (Å²) in [7, 11) is 0. The van der Waals surface area contributed by atoms with Crippen LogP contribution in [-0.2, 0) is 11.3 Å². The fraction of sp³-hybridized carbons (Fsp3) is 0.500. The normalized spacial score (nSPS) is 18.7. The number of anilines is 1. The van der Waals surface area contributed by atoms with Gasteiger partial charge in [0.1, 0.15) is 16.6 Å². The molecule has 1 aliphatic heterocycles. The quantitative estimate of drug-likeness (QED) is 0.864. The lowest BCUT2D eigenvalue weighted by Gasteiger charge is -2.33. The molecule has 0 N–H and O–H groups in total. The predicted octanol–water partition coefficient (Wildman–Crippen LogP) is 1.73. The fourth-order valence-corrected chi connectivity index (χ4v) is 3.37. The van der Waals surface area contributed by atoms with Crippen LogP contribution in [0.2, 0.25) is 0 Å². The van der Waals surface area contributed by atoms with Gasteiger partial charge in [0.15, 0.2) is 0 Å². The largest absolute Gasteiger partial charge is 0.373 e. The number of nitrogens with zero attached hydrogens (tertiary/aromatic N) is 5. The zero-order valence-electron chi connectivity index (χ0n) is 12.1. The van der Waals surface area contributed by atoms with Gasteiger partial charge in [-0.05, 0) is 30.9 Å². The molecule has 2 aromatic rings. The van der Waals surface area contributed by atoms with Crippen LogP contribution in [0.25, 0.3) is 0 Å². The Bertz CT molecular complexity index is 671. The summed E-state index contributed by atoms with van der Waals surface area (Å²) in [6.07, 6.45) is 3.94. The molecule has 0 bridgehead atoms. The van der Waals surface area contributed by atoms with Crippen LogP contribution in [0, 0.1) is 25.2 Å². The first-order chi connectivity index (χ1) is 10.2. The molecule has 6 nitrogen and oxygen atoms in total. The van der Waals surface area contributed by atoms with Crippen molar-refractivity contribution in [1.82, 2.24) is 14.2 Å². The molecular weight excluding hydrogens is 286 g/mol. The third-order valence-electron chi connectivity index (χ3n) is 3.54. The van der Waals surface area contributed by atoms with Crippen LogP contribution < -0.4 is 4.90 Å². The van der Waals surface area contributed by atoms with E-state index in [9.17, 15) is 5.26 Å². The van der Waals surface area contributed by atoms with Crippen molar-refractivity contribution >= 4 is 16.5 Å². The molecule has 1 saturated heterocycles. The number of aromatic nitrogens is 3. The smallest absolute Gasteiger partial charge is 0.130 e. The summed E-state index contributed by atoms with van der Waals surface area (Å²) >= 11 is 1.40. The van der Waals surface area contributed by atoms with Gasteiger partial charge in [-0.25, -0.2) is 0 Å². The molecule has 0 spiro atoms. The zero-order valence-corrected chi connectivity index (χ0v) is 12.9. The minimum atomic E-state index is 0.0759.